The number of anilines is 1. The summed E-state index contributed by atoms with van der Waals surface area (Å²) in [6.45, 7) is 4.66. The third kappa shape index (κ3) is 4.52. The number of ether oxygens (including phenoxy) is 1. The van der Waals surface area contributed by atoms with E-state index >= 15 is 0 Å². The second-order valence-corrected chi connectivity index (χ2v) is 7.99. The number of imide groups is 1. The fourth-order valence-electron chi connectivity index (χ4n) is 3.28. The van der Waals surface area contributed by atoms with E-state index in [1.165, 1.54) is 24.3 Å². The first-order valence-electron chi connectivity index (χ1n) is 9.05. The zero-order valence-electron chi connectivity index (χ0n) is 16.6. The van der Waals surface area contributed by atoms with Crippen LogP contribution in [0.4, 0.5) is 36.8 Å². The Balaban J connectivity index is 2.17. The minimum Gasteiger partial charge on any atom is -0.443 e. The Kier molecular flexibility index (Phi) is 5.32. The molecule has 2 aromatic carbocycles. The van der Waals surface area contributed by atoms with Crippen molar-refractivity contribution in [1.82, 2.24) is 0 Å². The Bertz CT molecular complexity index is 1000. The van der Waals surface area contributed by atoms with Gasteiger partial charge < -0.3 is 4.74 Å². The highest BCUT2D eigenvalue weighted by Gasteiger charge is 2.45. The first-order valence-corrected chi connectivity index (χ1v) is 9.05. The average molecular weight is 445 g/mol. The van der Waals surface area contributed by atoms with Crippen LogP contribution in [0.15, 0.2) is 42.5 Å². The summed E-state index contributed by atoms with van der Waals surface area (Å²) in [6.07, 6.45) is -11.2. The molecule has 1 aliphatic rings. The van der Waals surface area contributed by atoms with Gasteiger partial charge in [-0.15, -0.1) is 0 Å². The van der Waals surface area contributed by atoms with Crippen molar-refractivity contribution in [3.8, 4) is 0 Å². The van der Waals surface area contributed by atoms with E-state index in [9.17, 15) is 35.9 Å². The summed E-state index contributed by atoms with van der Waals surface area (Å²) in [5.74, 6) is -2.53. The fraction of sp³-hybridized carbons (Fsp3) is 0.333. The monoisotopic (exact) mass is 445 g/mol. The van der Waals surface area contributed by atoms with Crippen LogP contribution in [-0.2, 0) is 21.9 Å². The molecule has 166 valence electrons. The number of hydrogen-bond donors (Lipinski definition) is 0. The number of amides is 2. The molecule has 1 unspecified atom stereocenters. The number of benzene rings is 2. The molecule has 0 spiro atoms. The number of rotatable bonds is 1. The third-order valence-electron chi connectivity index (χ3n) is 4.48. The van der Waals surface area contributed by atoms with Gasteiger partial charge in [0, 0.05) is 0 Å². The van der Waals surface area contributed by atoms with E-state index in [1.54, 1.807) is 20.8 Å². The van der Waals surface area contributed by atoms with Crippen LogP contribution in [0.1, 0.15) is 48.9 Å². The van der Waals surface area contributed by atoms with Gasteiger partial charge in [-0.2, -0.15) is 26.3 Å². The molecule has 1 aliphatic heterocycles. The summed E-state index contributed by atoms with van der Waals surface area (Å²) in [5, 5.41) is 0. The fourth-order valence-corrected chi connectivity index (χ4v) is 3.28. The van der Waals surface area contributed by atoms with Crippen LogP contribution < -0.4 is 4.90 Å². The molecular formula is C21H17F6NO3. The number of halogens is 6. The number of alkyl halides is 6. The van der Waals surface area contributed by atoms with E-state index in [2.05, 4.69) is 0 Å². The van der Waals surface area contributed by atoms with Crippen molar-refractivity contribution in [3.63, 3.8) is 0 Å². The molecule has 31 heavy (non-hydrogen) atoms. The van der Waals surface area contributed by atoms with Crippen LogP contribution in [0.5, 0.6) is 0 Å². The summed E-state index contributed by atoms with van der Waals surface area (Å²) < 4.78 is 84.8. The number of carbonyl (C=O) groups excluding carboxylic acids is 2. The Morgan fingerprint density at radius 2 is 1.42 bits per heavy atom. The molecule has 3 rings (SSSR count). The van der Waals surface area contributed by atoms with Crippen LogP contribution in [-0.4, -0.2) is 17.6 Å². The quantitative estimate of drug-likeness (QED) is 0.496. The van der Waals surface area contributed by atoms with Gasteiger partial charge in [0.05, 0.1) is 22.7 Å². The molecule has 4 nitrogen and oxygen atoms in total. The lowest BCUT2D eigenvalue weighted by molar-refractivity contribution is -0.143. The molecule has 2 aromatic rings. The number of fused-ring (bicyclic) bond motifs is 1. The summed E-state index contributed by atoms with van der Waals surface area (Å²) in [5.41, 5.74) is -4.45. The second kappa shape index (κ2) is 7.28. The normalized spacial score (nSPS) is 17.0. The van der Waals surface area contributed by atoms with Gasteiger partial charge >= 0.3 is 18.4 Å². The Labute approximate surface area is 173 Å². The summed E-state index contributed by atoms with van der Waals surface area (Å²) in [6, 6.07) is 6.67. The maximum absolute atomic E-state index is 13.3. The molecule has 0 saturated heterocycles. The largest absolute Gasteiger partial charge is 0.443 e. The second-order valence-electron chi connectivity index (χ2n) is 7.99. The Morgan fingerprint density at radius 3 is 1.90 bits per heavy atom. The van der Waals surface area contributed by atoms with Crippen LogP contribution in [0.3, 0.4) is 0 Å². The third-order valence-corrected chi connectivity index (χ3v) is 4.48. The average Bonchev–Trinajstić information content (AvgIpc) is 2.90. The lowest BCUT2D eigenvalue weighted by atomic mass is 9.90. The van der Waals surface area contributed by atoms with Crippen molar-refractivity contribution in [2.45, 2.75) is 44.6 Å². The molecule has 1 heterocycles. The number of para-hydroxylation sites is 1. The van der Waals surface area contributed by atoms with Gasteiger partial charge in [-0.1, -0.05) is 18.2 Å². The van der Waals surface area contributed by atoms with Crippen LogP contribution >= 0.6 is 0 Å². The number of nitrogens with zero attached hydrogens (tertiary/aromatic N) is 1. The molecule has 1 atom stereocenters. The maximum Gasteiger partial charge on any atom is 0.421 e. The first kappa shape index (κ1) is 22.6. The van der Waals surface area contributed by atoms with Gasteiger partial charge in [0.15, 0.2) is 0 Å². The van der Waals surface area contributed by atoms with Gasteiger partial charge in [-0.25, -0.2) is 9.69 Å². The maximum atomic E-state index is 13.3. The molecule has 0 fully saturated rings. The molecule has 0 bridgehead atoms. The SMILES string of the molecule is CC(C)(C)OC(=O)N1C(=O)C(c2cc(C(F)(F)F)cc(C(F)(F)F)c2)c2ccccc21. The highest BCUT2D eigenvalue weighted by Crippen LogP contribution is 2.45. The zero-order chi connectivity index (χ0) is 23.4. The molecular weight excluding hydrogens is 428 g/mol. The first-order chi connectivity index (χ1) is 14.1. The van der Waals surface area contributed by atoms with Crippen LogP contribution in [0.25, 0.3) is 0 Å². The van der Waals surface area contributed by atoms with Crippen molar-refractivity contribution in [3.05, 3.63) is 64.7 Å². The van der Waals surface area contributed by atoms with E-state index in [0.717, 1.165) is 0 Å². The molecule has 0 N–H and O–H groups in total. The summed E-state index contributed by atoms with van der Waals surface area (Å²) in [4.78, 5) is 26.3. The van der Waals surface area contributed by atoms with Crippen molar-refractivity contribution in [1.29, 1.82) is 0 Å². The molecule has 10 heteroatoms. The molecule has 0 saturated carbocycles. The van der Waals surface area contributed by atoms with Crippen molar-refractivity contribution in [2.24, 2.45) is 0 Å². The minimum absolute atomic E-state index is 0.0134. The van der Waals surface area contributed by atoms with Gasteiger partial charge in [0.2, 0.25) is 5.91 Å². The van der Waals surface area contributed by atoms with Gasteiger partial charge in [-0.3, -0.25) is 4.79 Å². The topological polar surface area (TPSA) is 46.6 Å². The predicted octanol–water partition coefficient (Wildman–Crippen LogP) is 6.14. The van der Waals surface area contributed by atoms with E-state index in [4.69, 9.17) is 4.74 Å². The van der Waals surface area contributed by atoms with Crippen LogP contribution in [0, 0.1) is 0 Å². The van der Waals surface area contributed by atoms with Crippen molar-refractivity contribution in [2.75, 3.05) is 4.90 Å². The van der Waals surface area contributed by atoms with Gasteiger partial charge in [0.25, 0.3) is 0 Å². The minimum atomic E-state index is -5.07. The Morgan fingerprint density at radius 1 is 0.903 bits per heavy atom. The van der Waals surface area contributed by atoms with Crippen molar-refractivity contribution < 1.29 is 40.7 Å². The van der Waals surface area contributed by atoms with E-state index in [0.29, 0.717) is 17.0 Å². The smallest absolute Gasteiger partial charge is 0.421 e. The molecule has 0 aliphatic carbocycles. The van der Waals surface area contributed by atoms with E-state index in [-0.39, 0.29) is 17.3 Å². The predicted molar refractivity (Wildman–Crippen MR) is 98.5 cm³/mol. The summed E-state index contributed by atoms with van der Waals surface area (Å²) in [7, 11) is 0. The number of hydrogen-bond acceptors (Lipinski definition) is 3. The molecule has 2 amide bonds. The van der Waals surface area contributed by atoms with Gasteiger partial charge in [0.1, 0.15) is 5.60 Å². The van der Waals surface area contributed by atoms with Gasteiger partial charge in [-0.05, 0) is 56.2 Å². The van der Waals surface area contributed by atoms with Crippen LogP contribution in [0.2, 0.25) is 0 Å². The Hall–Kier alpha value is -3.04. The van der Waals surface area contributed by atoms with E-state index in [1.807, 2.05) is 0 Å². The van der Waals surface area contributed by atoms with Crippen molar-refractivity contribution >= 4 is 17.7 Å². The lowest BCUT2D eigenvalue weighted by Crippen LogP contribution is -2.39. The molecule has 0 aromatic heterocycles. The lowest BCUT2D eigenvalue weighted by Gasteiger charge is -2.24. The van der Waals surface area contributed by atoms with E-state index < -0.39 is 52.6 Å². The standard InChI is InChI=1S/C21H17F6NO3/c1-19(2,3)31-18(30)28-15-7-5-4-6-14(15)16(17(28)29)11-8-12(20(22,23)24)10-13(9-11)21(25,26)27/h4-10,16H,1-3H3. The summed E-state index contributed by atoms with van der Waals surface area (Å²) >= 11 is 0. The highest BCUT2D eigenvalue weighted by molar-refractivity contribution is 6.20. The highest BCUT2D eigenvalue weighted by atomic mass is 19.4. The molecule has 0 radical (unpaired) electrons. The number of carbonyl (C=O) groups is 2. The zero-order valence-corrected chi connectivity index (χ0v) is 16.6.